The van der Waals surface area contributed by atoms with Gasteiger partial charge in [-0.1, -0.05) is 48.0 Å². The minimum atomic E-state index is -0.917. The molecule has 2 atom stereocenters. The number of hydrogen-bond acceptors (Lipinski definition) is 3. The summed E-state index contributed by atoms with van der Waals surface area (Å²) in [5.41, 5.74) is 4.01. The van der Waals surface area contributed by atoms with Crippen molar-refractivity contribution in [3.63, 3.8) is 0 Å². The van der Waals surface area contributed by atoms with Gasteiger partial charge in [-0.3, -0.25) is 0 Å². The molecule has 4 nitrogen and oxygen atoms in total. The van der Waals surface area contributed by atoms with Gasteiger partial charge in [0, 0.05) is 9.89 Å². The lowest BCUT2D eigenvalue weighted by Gasteiger charge is -2.48. The smallest absolute Gasteiger partial charge is 0.337 e. The minimum Gasteiger partial charge on any atom is -0.478 e. The fourth-order valence-corrected chi connectivity index (χ4v) is 4.31. The van der Waals surface area contributed by atoms with E-state index < -0.39 is 5.97 Å². The molecule has 0 saturated heterocycles. The van der Waals surface area contributed by atoms with Gasteiger partial charge in [-0.25, -0.2) is 4.79 Å². The SMILES string of the molecule is CC1(C)c2cccc(C(=O)O)c2N[C@H]2c3cc(Br)ccc3CO[C@H]21. The molecule has 5 heteroatoms. The number of carbonyl (C=O) groups is 1. The maximum atomic E-state index is 11.7. The van der Waals surface area contributed by atoms with E-state index in [2.05, 4.69) is 47.2 Å². The lowest BCUT2D eigenvalue weighted by atomic mass is 9.69. The molecular formula is C19H18BrNO3. The van der Waals surface area contributed by atoms with Gasteiger partial charge in [-0.2, -0.15) is 0 Å². The van der Waals surface area contributed by atoms with E-state index in [-0.39, 0.29) is 17.6 Å². The summed E-state index contributed by atoms with van der Waals surface area (Å²) in [5, 5.41) is 13.0. The number of benzene rings is 2. The molecule has 4 rings (SSSR count). The van der Waals surface area contributed by atoms with Crippen molar-refractivity contribution in [2.24, 2.45) is 0 Å². The van der Waals surface area contributed by atoms with Crippen LogP contribution in [0.15, 0.2) is 40.9 Å². The summed E-state index contributed by atoms with van der Waals surface area (Å²) in [6.45, 7) is 4.82. The second-order valence-electron chi connectivity index (χ2n) is 6.95. The lowest BCUT2D eigenvalue weighted by Crippen LogP contribution is -2.49. The van der Waals surface area contributed by atoms with Crippen molar-refractivity contribution in [3.05, 3.63) is 63.1 Å². The Kier molecular flexibility index (Phi) is 3.48. The van der Waals surface area contributed by atoms with Crippen molar-refractivity contribution in [2.45, 2.75) is 38.0 Å². The van der Waals surface area contributed by atoms with Gasteiger partial charge in [-0.15, -0.1) is 0 Å². The number of carboxylic acids is 1. The number of rotatable bonds is 1. The number of para-hydroxylation sites is 1. The second kappa shape index (κ2) is 5.33. The topological polar surface area (TPSA) is 58.6 Å². The van der Waals surface area contributed by atoms with Gasteiger partial charge in [-0.05, 0) is 34.9 Å². The second-order valence-corrected chi connectivity index (χ2v) is 7.87. The van der Waals surface area contributed by atoms with Gasteiger partial charge in [0.15, 0.2) is 0 Å². The monoisotopic (exact) mass is 387 g/mol. The van der Waals surface area contributed by atoms with Gasteiger partial charge in [0.2, 0.25) is 0 Å². The highest BCUT2D eigenvalue weighted by Gasteiger charge is 2.47. The Labute approximate surface area is 149 Å². The van der Waals surface area contributed by atoms with Crippen molar-refractivity contribution < 1.29 is 14.6 Å². The first-order valence-corrected chi connectivity index (χ1v) is 8.72. The quantitative estimate of drug-likeness (QED) is 0.756. The molecule has 0 fully saturated rings. The van der Waals surface area contributed by atoms with Crippen LogP contribution in [0.3, 0.4) is 0 Å². The Balaban J connectivity index is 1.92. The molecule has 2 aliphatic heterocycles. The predicted molar refractivity (Wildman–Crippen MR) is 95.5 cm³/mol. The highest BCUT2D eigenvalue weighted by atomic mass is 79.9. The maximum absolute atomic E-state index is 11.7. The molecule has 0 aliphatic carbocycles. The third-order valence-electron chi connectivity index (χ3n) is 5.16. The van der Waals surface area contributed by atoms with Crippen LogP contribution in [0, 0.1) is 0 Å². The molecule has 2 aromatic carbocycles. The molecular weight excluding hydrogens is 370 g/mol. The Morgan fingerprint density at radius 3 is 2.88 bits per heavy atom. The van der Waals surface area contributed by atoms with Crippen LogP contribution < -0.4 is 5.32 Å². The summed E-state index contributed by atoms with van der Waals surface area (Å²) >= 11 is 3.54. The molecule has 0 amide bonds. The van der Waals surface area contributed by atoms with Gasteiger partial charge < -0.3 is 15.2 Å². The Morgan fingerprint density at radius 2 is 2.12 bits per heavy atom. The Hall–Kier alpha value is -1.85. The van der Waals surface area contributed by atoms with Gasteiger partial charge in [0.05, 0.1) is 30.0 Å². The number of anilines is 1. The molecule has 0 bridgehead atoms. The van der Waals surface area contributed by atoms with E-state index >= 15 is 0 Å². The zero-order chi connectivity index (χ0) is 17.1. The van der Waals surface area contributed by atoms with Gasteiger partial charge >= 0.3 is 5.97 Å². The third-order valence-corrected chi connectivity index (χ3v) is 5.66. The molecule has 0 saturated carbocycles. The van der Waals surface area contributed by atoms with E-state index in [1.807, 2.05) is 12.1 Å². The van der Waals surface area contributed by atoms with E-state index in [1.54, 1.807) is 12.1 Å². The average molecular weight is 388 g/mol. The molecule has 2 aliphatic rings. The fourth-order valence-electron chi connectivity index (χ4n) is 3.94. The van der Waals surface area contributed by atoms with Gasteiger partial charge in [0.1, 0.15) is 0 Å². The number of halogens is 1. The van der Waals surface area contributed by atoms with Crippen LogP contribution in [0.5, 0.6) is 0 Å². The van der Waals surface area contributed by atoms with E-state index in [1.165, 1.54) is 5.56 Å². The van der Waals surface area contributed by atoms with Crippen molar-refractivity contribution in [3.8, 4) is 0 Å². The number of nitrogens with one attached hydrogen (secondary N) is 1. The Bertz CT molecular complexity index is 847. The summed E-state index contributed by atoms with van der Waals surface area (Å²) in [7, 11) is 0. The van der Waals surface area contributed by atoms with E-state index in [0.717, 1.165) is 15.6 Å². The zero-order valence-corrected chi connectivity index (χ0v) is 15.1. The number of carboxylic acid groups (broad SMARTS) is 1. The first kappa shape index (κ1) is 15.7. The van der Waals surface area contributed by atoms with Crippen molar-refractivity contribution in [1.29, 1.82) is 0 Å². The van der Waals surface area contributed by atoms with Crippen molar-refractivity contribution in [1.82, 2.24) is 0 Å². The zero-order valence-electron chi connectivity index (χ0n) is 13.5. The number of fused-ring (bicyclic) bond motifs is 4. The average Bonchev–Trinajstić information content (AvgIpc) is 2.54. The van der Waals surface area contributed by atoms with Crippen LogP contribution in [0.4, 0.5) is 5.69 Å². The van der Waals surface area contributed by atoms with Crippen molar-refractivity contribution in [2.75, 3.05) is 5.32 Å². The normalized spacial score (nSPS) is 23.5. The molecule has 0 aromatic heterocycles. The van der Waals surface area contributed by atoms with Crippen LogP contribution in [-0.2, 0) is 16.8 Å². The summed E-state index contributed by atoms with van der Waals surface area (Å²) < 4.78 is 7.21. The number of ether oxygens (including phenoxy) is 1. The van der Waals surface area contributed by atoms with Crippen molar-refractivity contribution >= 4 is 27.6 Å². The molecule has 2 heterocycles. The first-order chi connectivity index (χ1) is 11.4. The maximum Gasteiger partial charge on any atom is 0.337 e. The number of aromatic carboxylic acids is 1. The highest BCUT2D eigenvalue weighted by Crippen LogP contribution is 2.49. The van der Waals surface area contributed by atoms with Crippen LogP contribution in [0.25, 0.3) is 0 Å². The fraction of sp³-hybridized carbons (Fsp3) is 0.316. The van der Waals surface area contributed by atoms with E-state index in [4.69, 9.17) is 4.74 Å². The minimum absolute atomic E-state index is 0.0594. The van der Waals surface area contributed by atoms with Crippen LogP contribution in [-0.4, -0.2) is 17.2 Å². The van der Waals surface area contributed by atoms with Crippen LogP contribution in [0.1, 0.15) is 46.9 Å². The summed E-state index contributed by atoms with van der Waals surface area (Å²) in [5.74, 6) is -0.917. The molecule has 124 valence electrons. The van der Waals surface area contributed by atoms with E-state index in [0.29, 0.717) is 17.9 Å². The largest absolute Gasteiger partial charge is 0.478 e. The summed E-state index contributed by atoms with van der Waals surface area (Å²) in [4.78, 5) is 11.7. The summed E-state index contributed by atoms with van der Waals surface area (Å²) in [6.07, 6.45) is -0.0594. The highest BCUT2D eigenvalue weighted by molar-refractivity contribution is 9.10. The first-order valence-electron chi connectivity index (χ1n) is 7.93. The molecule has 0 unspecified atom stereocenters. The van der Waals surface area contributed by atoms with Crippen LogP contribution in [0.2, 0.25) is 0 Å². The summed E-state index contributed by atoms with van der Waals surface area (Å²) in [6, 6.07) is 11.5. The van der Waals surface area contributed by atoms with Gasteiger partial charge in [0.25, 0.3) is 0 Å². The van der Waals surface area contributed by atoms with E-state index in [9.17, 15) is 9.90 Å². The molecule has 0 radical (unpaired) electrons. The lowest BCUT2D eigenvalue weighted by molar-refractivity contribution is -0.0325. The molecule has 0 spiro atoms. The standard InChI is InChI=1S/C19H18BrNO3/c1-19(2)14-5-3-4-12(18(22)23)15(14)21-16-13-8-11(20)7-6-10(13)9-24-17(16)19/h3-8,16-17,21H,9H2,1-2H3,(H,22,23)/t16-,17+/m0/s1. The third kappa shape index (κ3) is 2.19. The Morgan fingerprint density at radius 1 is 1.33 bits per heavy atom. The molecule has 2 N–H and O–H groups in total. The van der Waals surface area contributed by atoms with Crippen LogP contribution >= 0.6 is 15.9 Å². The predicted octanol–water partition coefficient (Wildman–Crippen LogP) is 4.49. The number of hydrogen-bond donors (Lipinski definition) is 2. The molecule has 2 aromatic rings. The molecule has 24 heavy (non-hydrogen) atoms.